The Morgan fingerprint density at radius 2 is 2.00 bits per heavy atom. The monoisotopic (exact) mass is 289 g/mol. The summed E-state index contributed by atoms with van der Waals surface area (Å²) in [6.07, 6.45) is 1.34. The Morgan fingerprint density at radius 1 is 1.29 bits per heavy atom. The molecule has 2 fully saturated rings. The predicted octanol–water partition coefficient (Wildman–Crippen LogP) is 1.81. The first-order chi connectivity index (χ1) is 10.2. The van der Waals surface area contributed by atoms with E-state index < -0.39 is 5.79 Å². The maximum Gasteiger partial charge on any atom is 0.270 e. The molecule has 1 aromatic carbocycles. The Labute approximate surface area is 123 Å². The third-order valence-electron chi connectivity index (χ3n) is 4.58. The third-order valence-corrected chi connectivity index (χ3v) is 4.58. The Bertz CT molecular complexity index is 548. The van der Waals surface area contributed by atoms with Crippen molar-refractivity contribution in [2.75, 3.05) is 19.7 Å². The first kappa shape index (κ1) is 13.0. The Balaban J connectivity index is 1.48. The molecule has 3 aliphatic heterocycles. The fourth-order valence-electron chi connectivity index (χ4n) is 3.34. The molecule has 112 valence electrons. The highest BCUT2D eigenvalue weighted by atomic mass is 16.7. The fraction of sp³-hybridized carbons (Fsp3) is 0.562. The van der Waals surface area contributed by atoms with Crippen molar-refractivity contribution in [1.82, 2.24) is 4.90 Å². The quantitative estimate of drug-likeness (QED) is 0.791. The molecule has 1 aromatic rings. The van der Waals surface area contributed by atoms with E-state index >= 15 is 0 Å². The van der Waals surface area contributed by atoms with Gasteiger partial charge in [-0.15, -0.1) is 0 Å². The summed E-state index contributed by atoms with van der Waals surface area (Å²) in [5.74, 6) is 1.17. The first-order valence-electron chi connectivity index (χ1n) is 7.54. The van der Waals surface area contributed by atoms with Crippen LogP contribution in [0, 0.1) is 5.92 Å². The number of carbonyl (C=O) groups excluding carboxylic acids is 1. The highest BCUT2D eigenvalue weighted by Gasteiger charge is 2.50. The second-order valence-electron chi connectivity index (χ2n) is 6.13. The van der Waals surface area contributed by atoms with Crippen molar-refractivity contribution in [2.24, 2.45) is 5.92 Å². The van der Waals surface area contributed by atoms with Crippen LogP contribution in [0.3, 0.4) is 0 Å². The number of likely N-dealkylation sites (tertiary alicyclic amines) is 1. The van der Waals surface area contributed by atoms with E-state index in [4.69, 9.17) is 14.2 Å². The molecular formula is C16H19NO4. The zero-order valence-corrected chi connectivity index (χ0v) is 12.1. The molecule has 1 spiro atoms. The first-order valence-corrected chi connectivity index (χ1v) is 7.54. The van der Waals surface area contributed by atoms with Crippen LogP contribution < -0.4 is 9.47 Å². The van der Waals surface area contributed by atoms with Crippen molar-refractivity contribution >= 4 is 5.91 Å². The predicted molar refractivity (Wildman–Crippen MR) is 75.1 cm³/mol. The van der Waals surface area contributed by atoms with E-state index in [9.17, 15) is 4.79 Å². The van der Waals surface area contributed by atoms with E-state index in [1.165, 1.54) is 0 Å². The number of fused-ring (bicyclic) bond motifs is 1. The van der Waals surface area contributed by atoms with Gasteiger partial charge in [0, 0.05) is 19.6 Å². The number of carbonyl (C=O) groups is 1. The van der Waals surface area contributed by atoms with Crippen LogP contribution in [0.4, 0.5) is 0 Å². The maximum absolute atomic E-state index is 12.6. The summed E-state index contributed by atoms with van der Waals surface area (Å²) in [7, 11) is 0. The Hall–Kier alpha value is -1.75. The van der Waals surface area contributed by atoms with Gasteiger partial charge in [0.1, 0.15) is 6.10 Å². The second-order valence-corrected chi connectivity index (χ2v) is 6.13. The summed E-state index contributed by atoms with van der Waals surface area (Å²) in [5, 5.41) is 0. The van der Waals surface area contributed by atoms with Crippen molar-refractivity contribution < 1.29 is 19.0 Å². The molecule has 5 nitrogen and oxygen atoms in total. The minimum atomic E-state index is -0.707. The molecule has 0 aromatic heterocycles. The normalized spacial score (nSPS) is 29.3. The van der Waals surface area contributed by atoms with Crippen molar-refractivity contribution in [3.05, 3.63) is 24.3 Å². The molecule has 2 saturated heterocycles. The molecule has 3 aliphatic rings. The molecule has 5 heteroatoms. The van der Waals surface area contributed by atoms with Gasteiger partial charge in [0.25, 0.3) is 11.7 Å². The van der Waals surface area contributed by atoms with Gasteiger partial charge in [0.2, 0.25) is 0 Å². The van der Waals surface area contributed by atoms with Crippen LogP contribution >= 0.6 is 0 Å². The van der Waals surface area contributed by atoms with Gasteiger partial charge in [-0.1, -0.05) is 19.1 Å². The number of nitrogens with zero attached hydrogens (tertiary/aromatic N) is 1. The smallest absolute Gasteiger partial charge is 0.270 e. The lowest BCUT2D eigenvalue weighted by Gasteiger charge is -2.25. The highest BCUT2D eigenvalue weighted by Crippen LogP contribution is 2.43. The summed E-state index contributed by atoms with van der Waals surface area (Å²) in [5.41, 5.74) is 0. The van der Waals surface area contributed by atoms with E-state index in [1.54, 1.807) is 0 Å². The van der Waals surface area contributed by atoms with Crippen molar-refractivity contribution in [2.45, 2.75) is 31.7 Å². The molecular weight excluding hydrogens is 270 g/mol. The third kappa shape index (κ3) is 2.07. The maximum atomic E-state index is 12.6. The van der Waals surface area contributed by atoms with E-state index in [0.29, 0.717) is 26.1 Å². The lowest BCUT2D eigenvalue weighted by atomic mass is 10.0. The summed E-state index contributed by atoms with van der Waals surface area (Å²) in [6.45, 7) is 3.86. The lowest BCUT2D eigenvalue weighted by molar-refractivity contribution is -0.144. The summed E-state index contributed by atoms with van der Waals surface area (Å²) < 4.78 is 17.5. The van der Waals surface area contributed by atoms with E-state index in [1.807, 2.05) is 29.2 Å². The highest BCUT2D eigenvalue weighted by molar-refractivity contribution is 5.82. The zero-order valence-electron chi connectivity index (χ0n) is 12.1. The Kier molecular flexibility index (Phi) is 2.85. The molecule has 21 heavy (non-hydrogen) atoms. The Morgan fingerprint density at radius 3 is 2.62 bits per heavy atom. The van der Waals surface area contributed by atoms with E-state index in [2.05, 4.69) is 6.92 Å². The largest absolute Gasteiger partial charge is 0.447 e. The standard InChI is InChI=1S/C16H19NO4/c1-11-6-9-19-14(11)15(18)17-8-7-16(10-17)20-12-4-2-3-5-13(12)21-16/h2-5,11,14H,6-10H2,1H3/t11-,14+/m1/s1. The molecule has 4 rings (SSSR count). The van der Waals surface area contributed by atoms with Crippen LogP contribution in [-0.4, -0.2) is 42.4 Å². The number of hydrogen-bond acceptors (Lipinski definition) is 4. The number of benzene rings is 1. The molecule has 2 atom stereocenters. The molecule has 3 heterocycles. The molecule has 0 aliphatic carbocycles. The van der Waals surface area contributed by atoms with Crippen LogP contribution in [0.2, 0.25) is 0 Å². The number of hydrogen-bond donors (Lipinski definition) is 0. The second kappa shape index (κ2) is 4.63. The lowest BCUT2D eigenvalue weighted by Crippen LogP contribution is -2.45. The molecule has 0 bridgehead atoms. The van der Waals surface area contributed by atoms with Crippen LogP contribution in [0.15, 0.2) is 24.3 Å². The average Bonchev–Trinajstić information content (AvgIpc) is 3.17. The zero-order chi connectivity index (χ0) is 14.4. The minimum Gasteiger partial charge on any atom is -0.447 e. The van der Waals surface area contributed by atoms with Gasteiger partial charge in [0.05, 0.1) is 6.54 Å². The van der Waals surface area contributed by atoms with Crippen LogP contribution in [0.25, 0.3) is 0 Å². The number of para-hydroxylation sites is 2. The summed E-state index contributed by atoms with van der Waals surface area (Å²) in [6, 6.07) is 7.65. The molecule has 1 amide bonds. The summed E-state index contributed by atoms with van der Waals surface area (Å²) in [4.78, 5) is 14.4. The van der Waals surface area contributed by atoms with Gasteiger partial charge < -0.3 is 19.1 Å². The van der Waals surface area contributed by atoms with Crippen LogP contribution in [0.5, 0.6) is 11.5 Å². The van der Waals surface area contributed by atoms with Crippen LogP contribution in [-0.2, 0) is 9.53 Å². The van der Waals surface area contributed by atoms with Crippen molar-refractivity contribution in [1.29, 1.82) is 0 Å². The fourth-order valence-corrected chi connectivity index (χ4v) is 3.34. The SMILES string of the molecule is C[C@@H]1CCO[C@@H]1C(=O)N1CCC2(C1)Oc1ccccc1O2. The van der Waals surface area contributed by atoms with E-state index in [0.717, 1.165) is 17.9 Å². The van der Waals surface area contributed by atoms with E-state index in [-0.39, 0.29) is 17.9 Å². The van der Waals surface area contributed by atoms with Gasteiger partial charge in [-0.25, -0.2) is 0 Å². The van der Waals surface area contributed by atoms with Gasteiger partial charge in [-0.3, -0.25) is 4.79 Å². The molecule has 0 N–H and O–H groups in total. The molecule has 0 unspecified atom stereocenters. The molecule has 0 saturated carbocycles. The van der Waals surface area contributed by atoms with Gasteiger partial charge in [-0.2, -0.15) is 0 Å². The van der Waals surface area contributed by atoms with Gasteiger partial charge in [0.15, 0.2) is 11.5 Å². The van der Waals surface area contributed by atoms with Crippen LogP contribution in [0.1, 0.15) is 19.8 Å². The number of ether oxygens (including phenoxy) is 3. The summed E-state index contributed by atoms with van der Waals surface area (Å²) >= 11 is 0. The molecule has 0 radical (unpaired) electrons. The van der Waals surface area contributed by atoms with Gasteiger partial charge >= 0.3 is 0 Å². The average molecular weight is 289 g/mol. The number of rotatable bonds is 1. The minimum absolute atomic E-state index is 0.0695. The van der Waals surface area contributed by atoms with Crippen molar-refractivity contribution in [3.63, 3.8) is 0 Å². The van der Waals surface area contributed by atoms with Crippen molar-refractivity contribution in [3.8, 4) is 11.5 Å². The number of amides is 1. The topological polar surface area (TPSA) is 48.0 Å². The van der Waals surface area contributed by atoms with Gasteiger partial charge in [-0.05, 0) is 24.5 Å².